The molecule has 1 N–H and O–H groups in total. The van der Waals surface area contributed by atoms with Crippen molar-refractivity contribution in [2.75, 3.05) is 33.2 Å². The van der Waals surface area contributed by atoms with Crippen LogP contribution in [0.25, 0.3) is 0 Å². The molecule has 0 amide bonds. The Bertz CT molecular complexity index is 324. The second-order valence-electron chi connectivity index (χ2n) is 8.23. The highest BCUT2D eigenvalue weighted by molar-refractivity contribution is 5.03. The second-order valence-corrected chi connectivity index (χ2v) is 8.23. The average Bonchev–Trinajstić information content (AvgIpc) is 2.65. The number of nitrogens with one attached hydrogen (secondary N) is 1. The highest BCUT2D eigenvalue weighted by Gasteiger charge is 2.46. The van der Waals surface area contributed by atoms with Crippen LogP contribution in [0.4, 0.5) is 0 Å². The molecule has 20 heavy (non-hydrogen) atoms. The topological polar surface area (TPSA) is 18.5 Å². The van der Waals surface area contributed by atoms with Crippen molar-refractivity contribution in [3.8, 4) is 0 Å². The van der Waals surface area contributed by atoms with Crippen molar-refractivity contribution >= 4 is 0 Å². The third kappa shape index (κ3) is 3.20. The van der Waals surface area contributed by atoms with Gasteiger partial charge in [-0.15, -0.1) is 0 Å². The van der Waals surface area contributed by atoms with Gasteiger partial charge in [0.05, 0.1) is 0 Å². The summed E-state index contributed by atoms with van der Waals surface area (Å²) in [6.07, 6.45) is 3.94. The van der Waals surface area contributed by atoms with E-state index in [9.17, 15) is 0 Å². The maximum atomic E-state index is 3.85. The van der Waals surface area contributed by atoms with Crippen molar-refractivity contribution in [2.24, 2.45) is 5.41 Å². The zero-order chi connectivity index (χ0) is 15.0. The molecule has 0 radical (unpaired) electrons. The van der Waals surface area contributed by atoms with E-state index in [4.69, 9.17) is 0 Å². The first-order valence-corrected chi connectivity index (χ1v) is 8.46. The zero-order valence-electron chi connectivity index (χ0n) is 14.5. The summed E-state index contributed by atoms with van der Waals surface area (Å²) >= 11 is 0. The third-order valence-corrected chi connectivity index (χ3v) is 5.74. The van der Waals surface area contributed by atoms with Crippen LogP contribution in [0.5, 0.6) is 0 Å². The monoisotopic (exact) mass is 281 g/mol. The minimum atomic E-state index is 0.306. The van der Waals surface area contributed by atoms with E-state index in [-0.39, 0.29) is 0 Å². The third-order valence-electron chi connectivity index (χ3n) is 5.74. The molecule has 0 aromatic carbocycles. The molecule has 2 aliphatic rings. The van der Waals surface area contributed by atoms with Crippen molar-refractivity contribution < 1.29 is 0 Å². The fourth-order valence-electron chi connectivity index (χ4n) is 4.03. The van der Waals surface area contributed by atoms with Gasteiger partial charge in [-0.1, -0.05) is 20.8 Å². The van der Waals surface area contributed by atoms with E-state index in [1.807, 2.05) is 0 Å². The molecule has 1 saturated heterocycles. The Labute approximate surface area is 126 Å². The van der Waals surface area contributed by atoms with Gasteiger partial charge in [-0.25, -0.2) is 0 Å². The molecule has 1 aliphatic heterocycles. The lowest BCUT2D eigenvalue weighted by Gasteiger charge is -2.49. The molecule has 2 fully saturated rings. The maximum Gasteiger partial charge on any atom is 0.0277 e. The van der Waals surface area contributed by atoms with Gasteiger partial charge >= 0.3 is 0 Å². The Kier molecular flexibility index (Phi) is 4.83. The van der Waals surface area contributed by atoms with Crippen molar-refractivity contribution in [3.05, 3.63) is 0 Å². The van der Waals surface area contributed by atoms with Gasteiger partial charge in [0, 0.05) is 37.3 Å². The first-order valence-electron chi connectivity index (χ1n) is 8.46. The summed E-state index contributed by atoms with van der Waals surface area (Å²) in [5, 5.41) is 3.85. The molecule has 2 atom stereocenters. The molecule has 3 heteroatoms. The van der Waals surface area contributed by atoms with Crippen molar-refractivity contribution in [1.29, 1.82) is 0 Å². The van der Waals surface area contributed by atoms with Gasteiger partial charge in [0.2, 0.25) is 0 Å². The van der Waals surface area contributed by atoms with E-state index in [0.29, 0.717) is 17.0 Å². The van der Waals surface area contributed by atoms with Crippen LogP contribution in [-0.2, 0) is 0 Å². The molecule has 2 unspecified atom stereocenters. The van der Waals surface area contributed by atoms with Crippen LogP contribution in [0.1, 0.15) is 53.9 Å². The molecular formula is C17H35N3. The van der Waals surface area contributed by atoms with Gasteiger partial charge in [-0.05, 0) is 52.1 Å². The summed E-state index contributed by atoms with van der Waals surface area (Å²) in [6, 6.07) is 1.38. The number of piperazine rings is 1. The average molecular weight is 281 g/mol. The highest BCUT2D eigenvalue weighted by Crippen LogP contribution is 2.41. The number of rotatable bonds is 4. The van der Waals surface area contributed by atoms with Gasteiger partial charge in [-0.2, -0.15) is 0 Å². The minimum Gasteiger partial charge on any atom is -0.312 e. The van der Waals surface area contributed by atoms with Crippen molar-refractivity contribution in [2.45, 2.75) is 71.5 Å². The van der Waals surface area contributed by atoms with E-state index >= 15 is 0 Å². The van der Waals surface area contributed by atoms with Crippen LogP contribution in [0.15, 0.2) is 0 Å². The lowest BCUT2D eigenvalue weighted by atomic mass is 9.85. The van der Waals surface area contributed by atoms with Gasteiger partial charge < -0.3 is 5.32 Å². The molecule has 0 spiro atoms. The fourth-order valence-corrected chi connectivity index (χ4v) is 4.03. The molecule has 1 heterocycles. The predicted molar refractivity (Wildman–Crippen MR) is 87.2 cm³/mol. The Morgan fingerprint density at radius 1 is 1.15 bits per heavy atom. The number of nitrogens with zero attached hydrogens (tertiary/aromatic N) is 2. The van der Waals surface area contributed by atoms with Crippen LogP contribution < -0.4 is 5.32 Å². The Morgan fingerprint density at radius 2 is 1.85 bits per heavy atom. The van der Waals surface area contributed by atoms with Crippen LogP contribution in [-0.4, -0.2) is 60.6 Å². The molecule has 0 aromatic rings. The molecule has 0 aromatic heterocycles. The summed E-state index contributed by atoms with van der Waals surface area (Å²) in [4.78, 5) is 5.28. The van der Waals surface area contributed by atoms with Gasteiger partial charge in [0.1, 0.15) is 0 Å². The van der Waals surface area contributed by atoms with E-state index in [0.717, 1.165) is 12.6 Å². The predicted octanol–water partition coefficient (Wildman–Crippen LogP) is 2.57. The quantitative estimate of drug-likeness (QED) is 0.854. The summed E-state index contributed by atoms with van der Waals surface area (Å²) < 4.78 is 0. The van der Waals surface area contributed by atoms with Crippen LogP contribution in [0.2, 0.25) is 0 Å². The summed E-state index contributed by atoms with van der Waals surface area (Å²) in [5.41, 5.74) is 0.744. The lowest BCUT2D eigenvalue weighted by molar-refractivity contribution is 0.00755. The van der Waals surface area contributed by atoms with E-state index in [2.05, 4.69) is 56.8 Å². The Hall–Kier alpha value is -0.120. The van der Waals surface area contributed by atoms with Crippen LogP contribution >= 0.6 is 0 Å². The number of hydrogen-bond acceptors (Lipinski definition) is 3. The largest absolute Gasteiger partial charge is 0.312 e. The molecule has 0 bridgehead atoms. The summed E-state index contributed by atoms with van der Waals surface area (Å²) in [7, 11) is 2.27. The van der Waals surface area contributed by atoms with Crippen molar-refractivity contribution in [1.82, 2.24) is 15.1 Å². The summed E-state index contributed by atoms with van der Waals surface area (Å²) in [5.74, 6) is 0. The first kappa shape index (κ1) is 16.3. The van der Waals surface area contributed by atoms with Crippen LogP contribution in [0, 0.1) is 5.41 Å². The number of hydrogen-bond donors (Lipinski definition) is 1. The van der Waals surface area contributed by atoms with Gasteiger partial charge in [0.25, 0.3) is 0 Å². The van der Waals surface area contributed by atoms with Crippen LogP contribution in [0.3, 0.4) is 0 Å². The van der Waals surface area contributed by atoms with Gasteiger partial charge in [-0.3, -0.25) is 9.80 Å². The number of likely N-dealkylation sites (N-methyl/N-ethyl adjacent to an activating group) is 1. The normalized spacial score (nSPS) is 34.5. The highest BCUT2D eigenvalue weighted by atomic mass is 15.3. The molecule has 3 nitrogen and oxygen atoms in total. The fraction of sp³-hybridized carbons (Fsp3) is 1.00. The van der Waals surface area contributed by atoms with Crippen molar-refractivity contribution in [3.63, 3.8) is 0 Å². The molecular weight excluding hydrogens is 246 g/mol. The van der Waals surface area contributed by atoms with E-state index in [1.54, 1.807) is 0 Å². The van der Waals surface area contributed by atoms with E-state index in [1.165, 1.54) is 38.9 Å². The molecule has 2 rings (SSSR count). The standard InChI is InChI=1S/C17H35N3/c1-7-10-18-15-14(8-9-16(15,2)3)20-12-11-19(6)17(4,5)13-20/h14-15,18H,7-13H2,1-6H3. The zero-order valence-corrected chi connectivity index (χ0v) is 14.5. The smallest absolute Gasteiger partial charge is 0.0277 e. The van der Waals surface area contributed by atoms with Gasteiger partial charge in [0.15, 0.2) is 0 Å². The Morgan fingerprint density at radius 3 is 2.45 bits per heavy atom. The summed E-state index contributed by atoms with van der Waals surface area (Å²) in [6.45, 7) is 16.7. The minimum absolute atomic E-state index is 0.306. The molecule has 118 valence electrons. The maximum absolute atomic E-state index is 3.85. The lowest BCUT2D eigenvalue weighted by Crippen LogP contribution is -2.63. The Balaban J connectivity index is 2.07. The SMILES string of the molecule is CCCNC1C(N2CCN(C)C(C)(C)C2)CCC1(C)C. The molecule has 1 aliphatic carbocycles. The first-order chi connectivity index (χ1) is 9.28. The molecule has 1 saturated carbocycles. The van der Waals surface area contributed by atoms with E-state index < -0.39 is 0 Å². The second kappa shape index (κ2) is 5.94.